The van der Waals surface area contributed by atoms with Crippen molar-refractivity contribution >= 4 is 11.8 Å². The van der Waals surface area contributed by atoms with E-state index < -0.39 is 6.04 Å². The van der Waals surface area contributed by atoms with Gasteiger partial charge < -0.3 is 16.0 Å². The lowest BCUT2D eigenvalue weighted by atomic mass is 9.93. The van der Waals surface area contributed by atoms with Gasteiger partial charge in [-0.3, -0.25) is 9.59 Å². The van der Waals surface area contributed by atoms with Gasteiger partial charge in [0.25, 0.3) is 0 Å². The first-order valence-electron chi connectivity index (χ1n) is 6.35. The van der Waals surface area contributed by atoms with Crippen molar-refractivity contribution in [1.29, 1.82) is 0 Å². The average molecular weight is 241 g/mol. The van der Waals surface area contributed by atoms with Crippen LogP contribution in [0, 0.1) is 5.92 Å². The van der Waals surface area contributed by atoms with Crippen LogP contribution in [-0.2, 0) is 9.59 Å². The molecule has 1 rings (SSSR count). The van der Waals surface area contributed by atoms with Crippen molar-refractivity contribution in [2.45, 2.75) is 38.6 Å². The number of likely N-dealkylation sites (N-methyl/N-ethyl adjacent to an activating group) is 1. The Bertz CT molecular complexity index is 262. The lowest BCUT2D eigenvalue weighted by molar-refractivity contribution is -0.128. The highest BCUT2D eigenvalue weighted by atomic mass is 16.2. The molecule has 2 amide bonds. The zero-order valence-corrected chi connectivity index (χ0v) is 10.7. The fraction of sp³-hybridized carbons (Fsp3) is 0.833. The van der Waals surface area contributed by atoms with Gasteiger partial charge in [-0.25, -0.2) is 0 Å². The van der Waals surface area contributed by atoms with E-state index in [1.165, 1.54) is 0 Å². The van der Waals surface area contributed by atoms with Crippen LogP contribution in [0.25, 0.3) is 0 Å². The molecule has 0 aromatic heterocycles. The summed E-state index contributed by atoms with van der Waals surface area (Å²) in [5.74, 6) is 0.470. The Morgan fingerprint density at radius 2 is 2.00 bits per heavy atom. The standard InChI is InChI=1S/C12H23N3O2/c1-9(12(17)13-2)15-11(16)4-3-10-5-7-14-8-6-10/h9-10,14H,3-8H2,1-2H3,(H,13,17)(H,15,16). The molecule has 0 aromatic rings. The number of hydrogen-bond acceptors (Lipinski definition) is 3. The summed E-state index contributed by atoms with van der Waals surface area (Å²) in [5.41, 5.74) is 0. The molecule has 1 heterocycles. The minimum Gasteiger partial charge on any atom is -0.357 e. The lowest BCUT2D eigenvalue weighted by Crippen LogP contribution is -2.43. The molecule has 0 aliphatic carbocycles. The van der Waals surface area contributed by atoms with Crippen LogP contribution >= 0.6 is 0 Å². The Hall–Kier alpha value is -1.10. The number of rotatable bonds is 5. The Kier molecular flexibility index (Phi) is 5.97. The van der Waals surface area contributed by atoms with E-state index in [4.69, 9.17) is 0 Å². The second-order valence-corrected chi connectivity index (χ2v) is 4.64. The highest BCUT2D eigenvalue weighted by Crippen LogP contribution is 2.17. The number of carbonyl (C=O) groups excluding carboxylic acids is 2. The van der Waals surface area contributed by atoms with E-state index in [1.807, 2.05) is 0 Å². The smallest absolute Gasteiger partial charge is 0.242 e. The molecule has 1 atom stereocenters. The summed E-state index contributed by atoms with van der Waals surface area (Å²) in [7, 11) is 1.57. The molecule has 1 saturated heterocycles. The van der Waals surface area contributed by atoms with Gasteiger partial charge in [0.15, 0.2) is 0 Å². The van der Waals surface area contributed by atoms with Crippen molar-refractivity contribution in [3.05, 3.63) is 0 Å². The summed E-state index contributed by atoms with van der Waals surface area (Å²) in [4.78, 5) is 22.8. The van der Waals surface area contributed by atoms with Crippen LogP contribution in [-0.4, -0.2) is 38.0 Å². The first-order chi connectivity index (χ1) is 8.13. The molecular weight excluding hydrogens is 218 g/mol. The van der Waals surface area contributed by atoms with Gasteiger partial charge in [0, 0.05) is 13.5 Å². The number of piperidine rings is 1. The quantitative estimate of drug-likeness (QED) is 0.635. The van der Waals surface area contributed by atoms with E-state index in [0.717, 1.165) is 32.4 Å². The maximum atomic E-state index is 11.6. The fourth-order valence-corrected chi connectivity index (χ4v) is 2.10. The van der Waals surface area contributed by atoms with Gasteiger partial charge in [-0.1, -0.05) is 0 Å². The van der Waals surface area contributed by atoms with Crippen molar-refractivity contribution in [2.75, 3.05) is 20.1 Å². The monoisotopic (exact) mass is 241 g/mol. The molecule has 17 heavy (non-hydrogen) atoms. The molecule has 1 unspecified atom stereocenters. The number of amides is 2. The van der Waals surface area contributed by atoms with Crippen molar-refractivity contribution in [2.24, 2.45) is 5.92 Å². The molecule has 0 saturated carbocycles. The number of nitrogens with one attached hydrogen (secondary N) is 3. The van der Waals surface area contributed by atoms with Gasteiger partial charge >= 0.3 is 0 Å². The fourth-order valence-electron chi connectivity index (χ4n) is 2.10. The predicted octanol–water partition coefficient (Wildman–Crippen LogP) is 0.0169. The van der Waals surface area contributed by atoms with E-state index in [2.05, 4.69) is 16.0 Å². The van der Waals surface area contributed by atoms with Crippen LogP contribution in [0.4, 0.5) is 0 Å². The highest BCUT2D eigenvalue weighted by molar-refractivity contribution is 5.86. The first kappa shape index (κ1) is 14.0. The van der Waals surface area contributed by atoms with E-state index >= 15 is 0 Å². The van der Waals surface area contributed by atoms with Gasteiger partial charge in [-0.2, -0.15) is 0 Å². The van der Waals surface area contributed by atoms with Gasteiger partial charge in [0.2, 0.25) is 11.8 Å². The molecular formula is C12H23N3O2. The minimum absolute atomic E-state index is 0.0281. The zero-order valence-electron chi connectivity index (χ0n) is 10.7. The zero-order chi connectivity index (χ0) is 12.7. The maximum Gasteiger partial charge on any atom is 0.242 e. The van der Waals surface area contributed by atoms with E-state index in [1.54, 1.807) is 14.0 Å². The van der Waals surface area contributed by atoms with Crippen molar-refractivity contribution in [3.8, 4) is 0 Å². The van der Waals surface area contributed by atoms with Crippen LogP contribution in [0.3, 0.4) is 0 Å². The number of hydrogen-bond donors (Lipinski definition) is 3. The molecule has 1 aliphatic rings. The van der Waals surface area contributed by atoms with E-state index in [-0.39, 0.29) is 11.8 Å². The molecule has 5 heteroatoms. The van der Waals surface area contributed by atoms with Crippen LogP contribution in [0.1, 0.15) is 32.6 Å². The van der Waals surface area contributed by atoms with E-state index in [9.17, 15) is 9.59 Å². The summed E-state index contributed by atoms with van der Waals surface area (Å²) in [6.45, 7) is 3.81. The van der Waals surface area contributed by atoms with Gasteiger partial charge in [0.1, 0.15) is 6.04 Å². The molecule has 0 spiro atoms. The SMILES string of the molecule is CNC(=O)C(C)NC(=O)CCC1CCNCC1. The molecule has 3 N–H and O–H groups in total. The van der Waals surface area contributed by atoms with Crippen LogP contribution in [0.2, 0.25) is 0 Å². The Balaban J connectivity index is 2.18. The second-order valence-electron chi connectivity index (χ2n) is 4.64. The third kappa shape index (κ3) is 5.17. The minimum atomic E-state index is -0.444. The third-order valence-corrected chi connectivity index (χ3v) is 3.26. The van der Waals surface area contributed by atoms with Crippen LogP contribution in [0.5, 0.6) is 0 Å². The van der Waals surface area contributed by atoms with Gasteiger partial charge in [-0.15, -0.1) is 0 Å². The van der Waals surface area contributed by atoms with Crippen LogP contribution in [0.15, 0.2) is 0 Å². The number of carbonyl (C=O) groups is 2. The maximum absolute atomic E-state index is 11.6. The Labute approximate surface area is 103 Å². The Morgan fingerprint density at radius 3 is 2.59 bits per heavy atom. The molecule has 0 bridgehead atoms. The largest absolute Gasteiger partial charge is 0.357 e. The highest BCUT2D eigenvalue weighted by Gasteiger charge is 2.17. The van der Waals surface area contributed by atoms with Crippen LogP contribution < -0.4 is 16.0 Å². The molecule has 5 nitrogen and oxygen atoms in total. The summed E-state index contributed by atoms with van der Waals surface area (Å²) < 4.78 is 0. The lowest BCUT2D eigenvalue weighted by Gasteiger charge is -2.22. The van der Waals surface area contributed by atoms with Crippen molar-refractivity contribution < 1.29 is 9.59 Å². The molecule has 1 fully saturated rings. The van der Waals surface area contributed by atoms with E-state index in [0.29, 0.717) is 12.3 Å². The summed E-state index contributed by atoms with van der Waals surface area (Å²) >= 11 is 0. The second kappa shape index (κ2) is 7.27. The average Bonchev–Trinajstić information content (AvgIpc) is 2.36. The molecule has 98 valence electrons. The normalized spacial score (nSPS) is 18.5. The topological polar surface area (TPSA) is 70.2 Å². The van der Waals surface area contributed by atoms with Crippen molar-refractivity contribution in [3.63, 3.8) is 0 Å². The summed E-state index contributed by atoms with van der Waals surface area (Å²) in [6, 6.07) is -0.444. The summed E-state index contributed by atoms with van der Waals surface area (Å²) in [5, 5.41) is 8.52. The Morgan fingerprint density at radius 1 is 1.35 bits per heavy atom. The first-order valence-corrected chi connectivity index (χ1v) is 6.35. The summed E-state index contributed by atoms with van der Waals surface area (Å²) in [6.07, 6.45) is 3.75. The van der Waals surface area contributed by atoms with Crippen molar-refractivity contribution in [1.82, 2.24) is 16.0 Å². The van der Waals surface area contributed by atoms with Gasteiger partial charge in [0.05, 0.1) is 0 Å². The molecule has 0 aromatic carbocycles. The molecule has 0 radical (unpaired) electrons. The third-order valence-electron chi connectivity index (χ3n) is 3.26. The van der Waals surface area contributed by atoms with Gasteiger partial charge in [-0.05, 0) is 45.2 Å². The molecule has 1 aliphatic heterocycles. The predicted molar refractivity (Wildman–Crippen MR) is 66.5 cm³/mol.